The number of nitrogens with one attached hydrogen (secondary N) is 2. The van der Waals surface area contributed by atoms with E-state index in [1.54, 1.807) is 35.5 Å². The number of amides is 1. The number of H-pyrrole nitrogens is 1. The largest absolute Gasteiger partial charge is 0.382 e. The van der Waals surface area contributed by atoms with Crippen LogP contribution >= 0.6 is 0 Å². The number of aromatic amines is 1. The number of hydrogen-bond donors (Lipinski definition) is 3. The van der Waals surface area contributed by atoms with Crippen LogP contribution in [0.4, 0.5) is 5.82 Å². The van der Waals surface area contributed by atoms with Crippen molar-refractivity contribution in [2.75, 3.05) is 12.3 Å². The van der Waals surface area contributed by atoms with Gasteiger partial charge >= 0.3 is 0 Å². The number of nitrogens with zero attached hydrogens (tertiary/aromatic N) is 5. The number of anilines is 1. The third kappa shape index (κ3) is 2.86. The van der Waals surface area contributed by atoms with E-state index >= 15 is 0 Å². The van der Waals surface area contributed by atoms with Gasteiger partial charge in [0.15, 0.2) is 5.82 Å². The average Bonchev–Trinajstić information content (AvgIpc) is 3.31. The Bertz CT molecular complexity index is 1040. The van der Waals surface area contributed by atoms with Crippen LogP contribution in [0.15, 0.2) is 49.4 Å². The van der Waals surface area contributed by atoms with E-state index in [-0.39, 0.29) is 11.7 Å². The highest BCUT2D eigenvalue weighted by Crippen LogP contribution is 2.27. The minimum absolute atomic E-state index is 0.233. The zero-order valence-electron chi connectivity index (χ0n) is 13.8. The Morgan fingerprint density at radius 3 is 2.88 bits per heavy atom. The summed E-state index contributed by atoms with van der Waals surface area (Å²) in [5, 5.41) is 7.15. The summed E-state index contributed by atoms with van der Waals surface area (Å²) >= 11 is 0. The van der Waals surface area contributed by atoms with Crippen molar-refractivity contribution in [3.63, 3.8) is 0 Å². The van der Waals surface area contributed by atoms with Gasteiger partial charge in [-0.2, -0.15) is 5.10 Å². The standard InChI is InChI=1S/C17H16N8O/c18-16-15-13(17(26)21-6-3-12-8-20-9-22-12)7-14(25(15)24-10-23-16)11-1-4-19-5-2-11/h1-2,4-5,7-10H,3,6H2,(H,20,22)(H,21,26)(H2,18,23,24). The number of rotatable bonds is 5. The van der Waals surface area contributed by atoms with Crippen LogP contribution in [0.2, 0.25) is 0 Å². The highest BCUT2D eigenvalue weighted by molar-refractivity contribution is 6.05. The Morgan fingerprint density at radius 1 is 1.27 bits per heavy atom. The van der Waals surface area contributed by atoms with Gasteiger partial charge in [0.2, 0.25) is 0 Å². The molecule has 1 amide bonds. The molecule has 0 radical (unpaired) electrons. The smallest absolute Gasteiger partial charge is 0.253 e. The molecule has 0 aliphatic carbocycles. The SMILES string of the molecule is Nc1ncnn2c(-c3ccncc3)cc(C(=O)NCCc3cnc[nH]3)c12. The molecule has 0 aliphatic rings. The molecule has 0 aliphatic heterocycles. The molecule has 4 N–H and O–H groups in total. The molecule has 26 heavy (non-hydrogen) atoms. The molecule has 0 unspecified atom stereocenters. The van der Waals surface area contributed by atoms with Crippen LogP contribution in [0, 0.1) is 0 Å². The third-order valence-electron chi connectivity index (χ3n) is 4.04. The van der Waals surface area contributed by atoms with E-state index in [4.69, 9.17) is 5.73 Å². The lowest BCUT2D eigenvalue weighted by Crippen LogP contribution is -2.25. The lowest BCUT2D eigenvalue weighted by atomic mass is 10.1. The molecule has 9 heteroatoms. The van der Waals surface area contributed by atoms with E-state index < -0.39 is 0 Å². The van der Waals surface area contributed by atoms with E-state index in [1.165, 1.54) is 6.33 Å². The number of fused-ring (bicyclic) bond motifs is 1. The first kappa shape index (κ1) is 15.8. The first-order valence-electron chi connectivity index (χ1n) is 8.02. The molecular weight excluding hydrogens is 332 g/mol. The van der Waals surface area contributed by atoms with Crippen LogP contribution in [0.1, 0.15) is 16.1 Å². The summed E-state index contributed by atoms with van der Waals surface area (Å²) < 4.78 is 1.63. The number of carbonyl (C=O) groups excluding carboxylic acids is 1. The number of carbonyl (C=O) groups is 1. The van der Waals surface area contributed by atoms with E-state index in [9.17, 15) is 4.79 Å². The fourth-order valence-corrected chi connectivity index (χ4v) is 2.80. The van der Waals surface area contributed by atoms with Gasteiger partial charge in [0.25, 0.3) is 5.91 Å². The fourth-order valence-electron chi connectivity index (χ4n) is 2.80. The molecule has 0 bridgehead atoms. The molecular formula is C17H16N8O. The lowest BCUT2D eigenvalue weighted by molar-refractivity contribution is 0.0956. The summed E-state index contributed by atoms with van der Waals surface area (Å²) in [5.41, 5.74) is 9.51. The Labute approximate surface area is 148 Å². The summed E-state index contributed by atoms with van der Waals surface area (Å²) in [5.74, 6) is 0.0165. The maximum absolute atomic E-state index is 12.7. The van der Waals surface area contributed by atoms with Gasteiger partial charge in [-0.05, 0) is 18.2 Å². The quantitative estimate of drug-likeness (QED) is 0.495. The molecule has 0 saturated carbocycles. The molecule has 4 rings (SSSR count). The number of nitrogens with two attached hydrogens (primary N) is 1. The number of hydrogen-bond acceptors (Lipinski definition) is 6. The normalized spacial score (nSPS) is 10.9. The molecule has 130 valence electrons. The van der Waals surface area contributed by atoms with Crippen molar-refractivity contribution >= 4 is 17.2 Å². The topological polar surface area (TPSA) is 127 Å². The molecule has 0 saturated heterocycles. The van der Waals surface area contributed by atoms with Crippen LogP contribution in [-0.4, -0.2) is 42.0 Å². The van der Waals surface area contributed by atoms with Crippen LogP contribution < -0.4 is 11.1 Å². The van der Waals surface area contributed by atoms with Gasteiger partial charge in [-0.25, -0.2) is 14.5 Å². The predicted molar refractivity (Wildman–Crippen MR) is 95.3 cm³/mol. The minimum atomic E-state index is -0.233. The maximum Gasteiger partial charge on any atom is 0.253 e. The number of pyridine rings is 1. The summed E-state index contributed by atoms with van der Waals surface area (Å²) in [6, 6.07) is 5.46. The zero-order valence-corrected chi connectivity index (χ0v) is 13.8. The Kier molecular flexibility index (Phi) is 4.02. The Balaban J connectivity index is 1.67. The molecule has 9 nitrogen and oxygen atoms in total. The van der Waals surface area contributed by atoms with Gasteiger partial charge in [0, 0.05) is 42.8 Å². The zero-order chi connectivity index (χ0) is 17.9. The van der Waals surface area contributed by atoms with Crippen LogP contribution in [0.3, 0.4) is 0 Å². The summed E-state index contributed by atoms with van der Waals surface area (Å²) in [7, 11) is 0. The second-order valence-corrected chi connectivity index (χ2v) is 5.67. The predicted octanol–water partition coefficient (Wildman–Crippen LogP) is 1.07. The van der Waals surface area contributed by atoms with Gasteiger partial charge in [0.1, 0.15) is 11.8 Å². The third-order valence-corrected chi connectivity index (χ3v) is 4.04. The average molecular weight is 348 g/mol. The van der Waals surface area contributed by atoms with Gasteiger partial charge in [0.05, 0.1) is 17.6 Å². The first-order chi connectivity index (χ1) is 12.7. The first-order valence-corrected chi connectivity index (χ1v) is 8.02. The Hall–Kier alpha value is -3.75. The van der Waals surface area contributed by atoms with Crippen LogP contribution in [0.25, 0.3) is 16.8 Å². The van der Waals surface area contributed by atoms with Crippen LogP contribution in [-0.2, 0) is 6.42 Å². The number of aromatic nitrogens is 6. The van der Waals surface area contributed by atoms with E-state index in [2.05, 4.69) is 30.4 Å². The highest BCUT2D eigenvalue weighted by Gasteiger charge is 2.19. The molecule has 0 fully saturated rings. The van der Waals surface area contributed by atoms with E-state index in [1.807, 2.05) is 12.1 Å². The van der Waals surface area contributed by atoms with Crippen LogP contribution in [0.5, 0.6) is 0 Å². The van der Waals surface area contributed by atoms with Crippen molar-refractivity contribution in [1.29, 1.82) is 0 Å². The lowest BCUT2D eigenvalue weighted by Gasteiger charge is -2.04. The maximum atomic E-state index is 12.7. The number of imidazole rings is 1. The molecule has 4 aromatic heterocycles. The van der Waals surface area contributed by atoms with Crippen molar-refractivity contribution in [3.05, 3.63) is 60.7 Å². The monoisotopic (exact) mass is 348 g/mol. The fraction of sp³-hybridized carbons (Fsp3) is 0.118. The molecule has 4 aromatic rings. The van der Waals surface area contributed by atoms with Gasteiger partial charge in [-0.3, -0.25) is 9.78 Å². The van der Waals surface area contributed by atoms with E-state index in [0.717, 1.165) is 17.0 Å². The molecule has 4 heterocycles. The van der Waals surface area contributed by atoms with Gasteiger partial charge in [-0.15, -0.1) is 0 Å². The molecule has 0 atom stereocenters. The van der Waals surface area contributed by atoms with Crippen molar-refractivity contribution in [3.8, 4) is 11.3 Å². The second kappa shape index (κ2) is 6.63. The summed E-state index contributed by atoms with van der Waals surface area (Å²) in [6.45, 7) is 0.469. The van der Waals surface area contributed by atoms with Crippen molar-refractivity contribution < 1.29 is 4.79 Å². The van der Waals surface area contributed by atoms with Gasteiger partial charge in [-0.1, -0.05) is 0 Å². The molecule has 0 spiro atoms. The van der Waals surface area contributed by atoms with Gasteiger partial charge < -0.3 is 16.0 Å². The number of nitrogen functional groups attached to an aromatic ring is 1. The van der Waals surface area contributed by atoms with Crippen molar-refractivity contribution in [1.82, 2.24) is 34.9 Å². The highest BCUT2D eigenvalue weighted by atomic mass is 16.1. The van der Waals surface area contributed by atoms with Crippen molar-refractivity contribution in [2.24, 2.45) is 0 Å². The van der Waals surface area contributed by atoms with E-state index in [0.29, 0.717) is 24.0 Å². The summed E-state index contributed by atoms with van der Waals surface area (Å²) in [6.07, 6.45) is 8.73. The molecule has 0 aromatic carbocycles. The summed E-state index contributed by atoms with van der Waals surface area (Å²) in [4.78, 5) is 27.7. The minimum Gasteiger partial charge on any atom is -0.382 e. The Morgan fingerprint density at radius 2 is 2.12 bits per heavy atom. The second-order valence-electron chi connectivity index (χ2n) is 5.67. The van der Waals surface area contributed by atoms with Crippen molar-refractivity contribution in [2.45, 2.75) is 6.42 Å².